The molecule has 0 aliphatic heterocycles. The Balaban J connectivity index is 2.23. The highest BCUT2D eigenvalue weighted by atomic mass is 16.3. The fraction of sp³-hybridized carbons (Fsp3) is 0. The molecule has 0 unspecified atom stereocenters. The number of anilines is 1. The van der Waals surface area contributed by atoms with Crippen LogP contribution in [-0.4, -0.2) is 11.0 Å². The SMILES string of the molecule is N#Cc1ccc(NC(=O)c2ccc(O)cc2)cc1C#N. The molecule has 2 aromatic rings. The minimum Gasteiger partial charge on any atom is -0.508 e. The van der Waals surface area contributed by atoms with Gasteiger partial charge in [0.15, 0.2) is 0 Å². The van der Waals surface area contributed by atoms with Gasteiger partial charge < -0.3 is 10.4 Å². The van der Waals surface area contributed by atoms with Crippen LogP contribution in [0.5, 0.6) is 5.75 Å². The summed E-state index contributed by atoms with van der Waals surface area (Å²) in [5.74, 6) is -0.287. The second kappa shape index (κ2) is 5.55. The normalized spacial score (nSPS) is 9.30. The summed E-state index contributed by atoms with van der Waals surface area (Å²) in [4.78, 5) is 11.9. The van der Waals surface area contributed by atoms with Gasteiger partial charge in [0.05, 0.1) is 11.1 Å². The third-order valence-corrected chi connectivity index (χ3v) is 2.65. The Bertz CT molecular complexity index is 737. The number of rotatable bonds is 2. The summed E-state index contributed by atoms with van der Waals surface area (Å²) >= 11 is 0. The predicted octanol–water partition coefficient (Wildman–Crippen LogP) is 2.39. The summed E-state index contributed by atoms with van der Waals surface area (Å²) in [5.41, 5.74) is 1.27. The number of nitrogens with zero attached hydrogens (tertiary/aromatic N) is 2. The van der Waals surface area contributed by atoms with Crippen molar-refractivity contribution in [3.8, 4) is 17.9 Å². The van der Waals surface area contributed by atoms with Gasteiger partial charge in [0.2, 0.25) is 0 Å². The first kappa shape index (κ1) is 13.1. The van der Waals surface area contributed by atoms with E-state index in [0.717, 1.165) is 0 Å². The smallest absolute Gasteiger partial charge is 0.255 e. The third kappa shape index (κ3) is 2.74. The molecule has 0 saturated carbocycles. The van der Waals surface area contributed by atoms with Gasteiger partial charge in [-0.1, -0.05) is 0 Å². The highest BCUT2D eigenvalue weighted by Crippen LogP contribution is 2.16. The van der Waals surface area contributed by atoms with Crippen molar-refractivity contribution in [3.05, 3.63) is 59.2 Å². The first-order valence-corrected chi connectivity index (χ1v) is 5.68. The number of hydrogen-bond donors (Lipinski definition) is 2. The van der Waals surface area contributed by atoms with Crippen molar-refractivity contribution in [2.75, 3.05) is 5.32 Å². The molecule has 0 heterocycles. The van der Waals surface area contributed by atoms with E-state index in [4.69, 9.17) is 15.6 Å². The van der Waals surface area contributed by atoms with Crippen LogP contribution in [-0.2, 0) is 0 Å². The van der Waals surface area contributed by atoms with Gasteiger partial charge in [0.25, 0.3) is 5.91 Å². The molecule has 0 aliphatic carbocycles. The maximum absolute atomic E-state index is 11.9. The number of benzene rings is 2. The standard InChI is InChI=1S/C15H9N3O2/c16-8-11-1-4-13(7-12(11)9-17)18-15(20)10-2-5-14(19)6-3-10/h1-7,19H,(H,18,20). The van der Waals surface area contributed by atoms with E-state index >= 15 is 0 Å². The quantitative estimate of drug-likeness (QED) is 0.869. The topological polar surface area (TPSA) is 96.9 Å². The zero-order valence-corrected chi connectivity index (χ0v) is 10.3. The summed E-state index contributed by atoms with van der Waals surface area (Å²) in [7, 11) is 0. The molecule has 5 heteroatoms. The lowest BCUT2D eigenvalue weighted by molar-refractivity contribution is 0.102. The van der Waals surface area contributed by atoms with Gasteiger partial charge >= 0.3 is 0 Å². The molecule has 0 saturated heterocycles. The van der Waals surface area contributed by atoms with E-state index in [-0.39, 0.29) is 22.8 Å². The van der Waals surface area contributed by atoms with Crippen molar-refractivity contribution < 1.29 is 9.90 Å². The van der Waals surface area contributed by atoms with E-state index in [1.54, 1.807) is 6.07 Å². The summed E-state index contributed by atoms with van der Waals surface area (Å²) in [6, 6.07) is 14.1. The van der Waals surface area contributed by atoms with Crippen LogP contribution in [0, 0.1) is 22.7 Å². The zero-order chi connectivity index (χ0) is 14.5. The number of carbonyl (C=O) groups is 1. The summed E-state index contributed by atoms with van der Waals surface area (Å²) < 4.78 is 0. The van der Waals surface area contributed by atoms with Gasteiger partial charge in [-0.05, 0) is 42.5 Å². The molecule has 96 valence electrons. The Labute approximate surface area is 115 Å². The van der Waals surface area contributed by atoms with Crippen molar-refractivity contribution in [1.82, 2.24) is 0 Å². The molecule has 0 fully saturated rings. The van der Waals surface area contributed by atoms with Crippen LogP contribution >= 0.6 is 0 Å². The number of nitriles is 2. The molecule has 0 aliphatic rings. The van der Waals surface area contributed by atoms with Crippen LogP contribution in [0.25, 0.3) is 0 Å². The van der Waals surface area contributed by atoms with Gasteiger partial charge in [0.1, 0.15) is 17.9 Å². The lowest BCUT2D eigenvalue weighted by Gasteiger charge is -2.06. The van der Waals surface area contributed by atoms with Gasteiger partial charge in [0, 0.05) is 11.3 Å². The summed E-state index contributed by atoms with van der Waals surface area (Å²) in [6.07, 6.45) is 0. The summed E-state index contributed by atoms with van der Waals surface area (Å²) in [5, 5.41) is 29.5. The molecule has 1 amide bonds. The molecular weight excluding hydrogens is 254 g/mol. The van der Waals surface area contributed by atoms with Crippen molar-refractivity contribution in [2.24, 2.45) is 0 Å². The van der Waals surface area contributed by atoms with Crippen LogP contribution < -0.4 is 5.32 Å². The van der Waals surface area contributed by atoms with E-state index in [1.165, 1.54) is 36.4 Å². The molecule has 5 nitrogen and oxygen atoms in total. The first-order chi connectivity index (χ1) is 9.63. The number of hydrogen-bond acceptors (Lipinski definition) is 4. The Morgan fingerprint density at radius 1 is 1.00 bits per heavy atom. The fourth-order valence-electron chi connectivity index (χ4n) is 1.63. The van der Waals surface area contributed by atoms with Crippen molar-refractivity contribution in [2.45, 2.75) is 0 Å². The number of phenolic OH excluding ortho intramolecular Hbond substituents is 1. The monoisotopic (exact) mass is 263 g/mol. The van der Waals surface area contributed by atoms with Crippen LogP contribution in [0.1, 0.15) is 21.5 Å². The van der Waals surface area contributed by atoms with E-state index in [9.17, 15) is 4.79 Å². The van der Waals surface area contributed by atoms with Gasteiger partial charge in [-0.2, -0.15) is 10.5 Å². The molecule has 2 N–H and O–H groups in total. The van der Waals surface area contributed by atoms with E-state index in [0.29, 0.717) is 11.3 Å². The van der Waals surface area contributed by atoms with E-state index < -0.39 is 0 Å². The van der Waals surface area contributed by atoms with Crippen LogP contribution in [0.2, 0.25) is 0 Å². The average Bonchev–Trinajstić information content (AvgIpc) is 2.47. The number of nitrogens with one attached hydrogen (secondary N) is 1. The Kier molecular flexibility index (Phi) is 3.65. The van der Waals surface area contributed by atoms with Crippen molar-refractivity contribution in [3.63, 3.8) is 0 Å². The largest absolute Gasteiger partial charge is 0.508 e. The molecule has 2 rings (SSSR count). The first-order valence-electron chi connectivity index (χ1n) is 5.68. The number of phenols is 1. The zero-order valence-electron chi connectivity index (χ0n) is 10.3. The minimum atomic E-state index is -0.362. The van der Waals surface area contributed by atoms with Crippen LogP contribution in [0.3, 0.4) is 0 Å². The highest BCUT2D eigenvalue weighted by Gasteiger charge is 2.08. The lowest BCUT2D eigenvalue weighted by atomic mass is 10.1. The van der Waals surface area contributed by atoms with Gasteiger partial charge in [-0.25, -0.2) is 0 Å². The lowest BCUT2D eigenvalue weighted by Crippen LogP contribution is -2.11. The number of aromatic hydroxyl groups is 1. The highest BCUT2D eigenvalue weighted by molar-refractivity contribution is 6.04. The molecule has 0 bridgehead atoms. The van der Waals surface area contributed by atoms with Crippen molar-refractivity contribution in [1.29, 1.82) is 10.5 Å². The maximum Gasteiger partial charge on any atom is 0.255 e. The average molecular weight is 263 g/mol. The van der Waals surface area contributed by atoms with Gasteiger partial charge in [-0.15, -0.1) is 0 Å². The van der Waals surface area contributed by atoms with Gasteiger partial charge in [-0.3, -0.25) is 4.79 Å². The molecule has 0 spiro atoms. The predicted molar refractivity (Wildman–Crippen MR) is 71.9 cm³/mol. The Hall–Kier alpha value is -3.31. The Morgan fingerprint density at radius 2 is 1.65 bits per heavy atom. The molecule has 0 aromatic heterocycles. The van der Waals surface area contributed by atoms with E-state index in [2.05, 4.69) is 5.32 Å². The third-order valence-electron chi connectivity index (χ3n) is 2.65. The number of amides is 1. The minimum absolute atomic E-state index is 0.0756. The number of carbonyl (C=O) groups excluding carboxylic acids is 1. The second-order valence-electron chi connectivity index (χ2n) is 3.98. The Morgan fingerprint density at radius 3 is 2.25 bits per heavy atom. The molecular formula is C15H9N3O2. The van der Waals surface area contributed by atoms with Crippen molar-refractivity contribution >= 4 is 11.6 Å². The second-order valence-corrected chi connectivity index (χ2v) is 3.98. The molecule has 2 aromatic carbocycles. The molecule has 0 radical (unpaired) electrons. The van der Waals surface area contributed by atoms with Crippen LogP contribution in [0.15, 0.2) is 42.5 Å². The van der Waals surface area contributed by atoms with Crippen LogP contribution in [0.4, 0.5) is 5.69 Å². The maximum atomic E-state index is 11.9. The molecule has 0 atom stereocenters. The van der Waals surface area contributed by atoms with E-state index in [1.807, 2.05) is 12.1 Å². The summed E-state index contributed by atoms with van der Waals surface area (Å²) in [6.45, 7) is 0. The fourth-order valence-corrected chi connectivity index (χ4v) is 1.63. The molecule has 20 heavy (non-hydrogen) atoms.